The van der Waals surface area contributed by atoms with Gasteiger partial charge in [0.2, 0.25) is 5.88 Å². The predicted molar refractivity (Wildman–Crippen MR) is 88.9 cm³/mol. The van der Waals surface area contributed by atoms with Crippen molar-refractivity contribution in [2.45, 2.75) is 12.7 Å². The summed E-state index contributed by atoms with van der Waals surface area (Å²) in [4.78, 5) is 28.7. The van der Waals surface area contributed by atoms with Gasteiger partial charge in [-0.3, -0.25) is 4.79 Å². The maximum Gasteiger partial charge on any atom is 0.422 e. The molecule has 2 rings (SSSR count). The van der Waals surface area contributed by atoms with Gasteiger partial charge in [0.15, 0.2) is 13.2 Å². The molecule has 0 unspecified atom stereocenters. The summed E-state index contributed by atoms with van der Waals surface area (Å²) in [7, 11) is 1.43. The number of nitrogens with zero attached hydrogens (tertiary/aromatic N) is 2. The summed E-state index contributed by atoms with van der Waals surface area (Å²) in [6.07, 6.45) is -3.53. The summed E-state index contributed by atoms with van der Waals surface area (Å²) >= 11 is 0. The molecule has 1 aromatic heterocycles. The van der Waals surface area contributed by atoms with E-state index in [1.165, 1.54) is 30.1 Å². The van der Waals surface area contributed by atoms with E-state index in [2.05, 4.69) is 9.72 Å². The van der Waals surface area contributed by atoms with Gasteiger partial charge in [0.1, 0.15) is 5.82 Å². The molecule has 0 atom stereocenters. The van der Waals surface area contributed by atoms with Gasteiger partial charge in [-0.2, -0.15) is 13.2 Å². The van der Waals surface area contributed by atoms with Crippen molar-refractivity contribution in [3.8, 4) is 5.88 Å². The number of halogens is 4. The first-order chi connectivity index (χ1) is 13.2. The number of ether oxygens (including phenoxy) is 2. The highest BCUT2D eigenvalue weighted by atomic mass is 19.4. The number of carbonyl (C=O) groups excluding carboxylic acids is 2. The van der Waals surface area contributed by atoms with Crippen molar-refractivity contribution in [3.05, 3.63) is 59.5 Å². The van der Waals surface area contributed by atoms with E-state index in [0.717, 1.165) is 18.3 Å². The molecule has 0 radical (unpaired) electrons. The average molecular weight is 400 g/mol. The maximum atomic E-state index is 13.6. The lowest BCUT2D eigenvalue weighted by Crippen LogP contribution is -2.31. The van der Waals surface area contributed by atoms with Crippen LogP contribution >= 0.6 is 0 Å². The Hall–Kier alpha value is -3.17. The Morgan fingerprint density at radius 2 is 1.86 bits per heavy atom. The molecular formula is C18H16F4N2O4. The summed E-state index contributed by atoms with van der Waals surface area (Å²) in [5.41, 5.74) is 0.243. The molecule has 0 aliphatic carbocycles. The third-order valence-electron chi connectivity index (χ3n) is 3.47. The van der Waals surface area contributed by atoms with Gasteiger partial charge in [0, 0.05) is 31.4 Å². The van der Waals surface area contributed by atoms with E-state index in [1.807, 2.05) is 0 Å². The van der Waals surface area contributed by atoms with Crippen molar-refractivity contribution in [1.29, 1.82) is 0 Å². The molecule has 6 nitrogen and oxygen atoms in total. The second-order valence-corrected chi connectivity index (χ2v) is 5.71. The first kappa shape index (κ1) is 21.1. The fraction of sp³-hybridized carbons (Fsp3) is 0.278. The minimum atomic E-state index is -4.51. The number of aromatic nitrogens is 1. The lowest BCUT2D eigenvalue weighted by atomic mass is 10.2. The van der Waals surface area contributed by atoms with Crippen LogP contribution in [0.1, 0.15) is 15.9 Å². The molecule has 0 fully saturated rings. The number of alkyl halides is 3. The third kappa shape index (κ3) is 6.53. The van der Waals surface area contributed by atoms with Gasteiger partial charge in [0.25, 0.3) is 5.91 Å². The normalized spacial score (nSPS) is 11.0. The van der Waals surface area contributed by atoms with Crippen molar-refractivity contribution >= 4 is 11.9 Å². The van der Waals surface area contributed by atoms with Crippen LogP contribution in [0.25, 0.3) is 0 Å². The number of rotatable bonds is 7. The zero-order chi connectivity index (χ0) is 20.7. The van der Waals surface area contributed by atoms with Crippen LogP contribution in [0.4, 0.5) is 17.6 Å². The van der Waals surface area contributed by atoms with Crippen LogP contribution in [0.15, 0.2) is 42.6 Å². The first-order valence-electron chi connectivity index (χ1n) is 7.96. The Morgan fingerprint density at radius 1 is 1.14 bits per heavy atom. The predicted octanol–water partition coefficient (Wildman–Crippen LogP) is 2.98. The largest absolute Gasteiger partial charge is 0.468 e. The molecule has 0 aliphatic heterocycles. The standard InChI is InChI=1S/C18H16F4N2O4/c1-24(9-13-4-2-3-5-14(13)19)16(25)10-27-17(26)12-6-7-15(23-8-12)28-11-18(20,21)22/h2-8H,9-11H2,1H3. The van der Waals surface area contributed by atoms with E-state index in [-0.39, 0.29) is 18.0 Å². The zero-order valence-electron chi connectivity index (χ0n) is 14.7. The molecule has 150 valence electrons. The average Bonchev–Trinajstić information content (AvgIpc) is 2.65. The van der Waals surface area contributed by atoms with Gasteiger partial charge in [-0.15, -0.1) is 0 Å². The zero-order valence-corrected chi connectivity index (χ0v) is 14.7. The number of benzene rings is 1. The van der Waals surface area contributed by atoms with E-state index in [1.54, 1.807) is 6.07 Å². The molecule has 1 amide bonds. The lowest BCUT2D eigenvalue weighted by Gasteiger charge is -2.17. The molecule has 0 bridgehead atoms. The Labute approximate surface area is 157 Å². The molecular weight excluding hydrogens is 384 g/mol. The first-order valence-corrected chi connectivity index (χ1v) is 7.96. The number of carbonyl (C=O) groups is 2. The van der Waals surface area contributed by atoms with E-state index in [9.17, 15) is 27.2 Å². The summed E-state index contributed by atoms with van der Waals surface area (Å²) in [6.45, 7) is -2.10. The van der Waals surface area contributed by atoms with E-state index in [4.69, 9.17) is 4.74 Å². The molecule has 28 heavy (non-hydrogen) atoms. The highest BCUT2D eigenvalue weighted by Crippen LogP contribution is 2.17. The van der Waals surface area contributed by atoms with E-state index >= 15 is 0 Å². The van der Waals surface area contributed by atoms with Crippen molar-refractivity contribution in [3.63, 3.8) is 0 Å². The summed E-state index contributed by atoms with van der Waals surface area (Å²) in [6, 6.07) is 8.19. The quantitative estimate of drug-likeness (QED) is 0.528. The number of pyridine rings is 1. The Kier molecular flexibility index (Phi) is 6.91. The van der Waals surface area contributed by atoms with E-state index in [0.29, 0.717) is 5.56 Å². The molecule has 0 aliphatic rings. The Morgan fingerprint density at radius 3 is 2.46 bits per heavy atom. The molecule has 2 aromatic rings. The minimum Gasteiger partial charge on any atom is -0.468 e. The highest BCUT2D eigenvalue weighted by Gasteiger charge is 2.28. The smallest absolute Gasteiger partial charge is 0.422 e. The minimum absolute atomic E-state index is 0.00411. The molecule has 0 saturated heterocycles. The summed E-state index contributed by atoms with van der Waals surface area (Å²) < 4.78 is 59.1. The number of hydrogen-bond donors (Lipinski definition) is 0. The van der Waals surface area contributed by atoms with Crippen LogP contribution in [0.2, 0.25) is 0 Å². The van der Waals surface area contributed by atoms with Crippen molar-refractivity contribution < 1.29 is 36.6 Å². The monoisotopic (exact) mass is 400 g/mol. The number of hydrogen-bond acceptors (Lipinski definition) is 5. The molecule has 1 heterocycles. The Bertz CT molecular complexity index is 825. The van der Waals surface area contributed by atoms with Crippen LogP contribution in [0.5, 0.6) is 5.88 Å². The SMILES string of the molecule is CN(Cc1ccccc1F)C(=O)COC(=O)c1ccc(OCC(F)(F)F)nc1. The van der Waals surface area contributed by atoms with Crippen molar-refractivity contribution in [2.24, 2.45) is 0 Å². The number of esters is 1. The second kappa shape index (κ2) is 9.16. The van der Waals surface area contributed by atoms with Gasteiger partial charge in [-0.05, 0) is 12.1 Å². The van der Waals surface area contributed by atoms with Crippen molar-refractivity contribution in [2.75, 3.05) is 20.3 Å². The van der Waals surface area contributed by atoms with Crippen LogP contribution in [-0.4, -0.2) is 48.2 Å². The Balaban J connectivity index is 1.84. The fourth-order valence-electron chi connectivity index (χ4n) is 2.03. The van der Waals surface area contributed by atoms with Crippen LogP contribution < -0.4 is 4.74 Å². The van der Waals surface area contributed by atoms with Crippen LogP contribution in [-0.2, 0) is 16.1 Å². The molecule has 0 saturated carbocycles. The van der Waals surface area contributed by atoms with Crippen molar-refractivity contribution in [1.82, 2.24) is 9.88 Å². The molecule has 0 N–H and O–H groups in total. The lowest BCUT2D eigenvalue weighted by molar-refractivity contribution is -0.154. The molecule has 0 spiro atoms. The van der Waals surface area contributed by atoms with Crippen LogP contribution in [0, 0.1) is 5.82 Å². The molecule has 1 aromatic carbocycles. The highest BCUT2D eigenvalue weighted by molar-refractivity contribution is 5.91. The maximum absolute atomic E-state index is 13.6. The number of likely N-dealkylation sites (N-methyl/N-ethyl adjacent to an activating group) is 1. The second-order valence-electron chi connectivity index (χ2n) is 5.71. The van der Waals surface area contributed by atoms with E-state index < -0.39 is 37.1 Å². The summed E-state index contributed by atoms with van der Waals surface area (Å²) in [5, 5.41) is 0. The van der Waals surface area contributed by atoms with Gasteiger partial charge in [-0.25, -0.2) is 14.2 Å². The summed E-state index contributed by atoms with van der Waals surface area (Å²) in [5.74, 6) is -2.22. The van der Waals surface area contributed by atoms with Gasteiger partial charge in [-0.1, -0.05) is 18.2 Å². The number of amides is 1. The van der Waals surface area contributed by atoms with Crippen LogP contribution in [0.3, 0.4) is 0 Å². The van der Waals surface area contributed by atoms with Gasteiger partial charge < -0.3 is 14.4 Å². The van der Waals surface area contributed by atoms with Gasteiger partial charge >= 0.3 is 12.1 Å². The molecule has 10 heteroatoms. The van der Waals surface area contributed by atoms with Gasteiger partial charge in [0.05, 0.1) is 5.56 Å². The third-order valence-corrected chi connectivity index (χ3v) is 3.47. The topological polar surface area (TPSA) is 68.7 Å². The fourth-order valence-corrected chi connectivity index (χ4v) is 2.03.